The lowest BCUT2D eigenvalue weighted by Gasteiger charge is -2.44. The molecule has 120 valence electrons. The van der Waals surface area contributed by atoms with Gasteiger partial charge in [-0.25, -0.2) is 4.79 Å². The Kier molecular flexibility index (Phi) is 3.61. The number of nitro groups is 2. The molecule has 0 aromatic carbocycles. The lowest BCUT2D eigenvalue weighted by molar-refractivity contribution is -0.619. The molecule has 0 amide bonds. The fourth-order valence-corrected chi connectivity index (χ4v) is 3.29. The van der Waals surface area contributed by atoms with Crippen molar-refractivity contribution in [1.29, 1.82) is 0 Å². The van der Waals surface area contributed by atoms with Gasteiger partial charge in [0.1, 0.15) is 0 Å². The Morgan fingerprint density at radius 3 is 2.32 bits per heavy atom. The van der Waals surface area contributed by atoms with Crippen LogP contribution in [0.4, 0.5) is 0 Å². The molecule has 2 unspecified atom stereocenters. The van der Waals surface area contributed by atoms with Gasteiger partial charge >= 0.3 is 11.9 Å². The highest BCUT2D eigenvalue weighted by Crippen LogP contribution is 2.43. The number of fused-ring (bicyclic) bond motifs is 2. The summed E-state index contributed by atoms with van der Waals surface area (Å²) in [5, 5.41) is 40.8. The van der Waals surface area contributed by atoms with E-state index in [4.69, 9.17) is 10.2 Å². The summed E-state index contributed by atoms with van der Waals surface area (Å²) < 4.78 is 0. The standard InChI is InChI=1S/C11H13N3O8/c15-8(16)3-12-5-10(13(19)20)1-7(9(17)18)2-11(4-10,6-12)14(21)22/h1H,2-6H2,(H,15,16)(H,17,18). The van der Waals surface area contributed by atoms with Crippen LogP contribution in [0.15, 0.2) is 11.6 Å². The van der Waals surface area contributed by atoms with Crippen molar-refractivity contribution in [2.45, 2.75) is 23.9 Å². The number of carboxylic acid groups (broad SMARTS) is 2. The van der Waals surface area contributed by atoms with Gasteiger partial charge in [0.05, 0.1) is 32.5 Å². The normalized spacial score (nSPS) is 31.2. The van der Waals surface area contributed by atoms with E-state index < -0.39 is 52.2 Å². The van der Waals surface area contributed by atoms with Crippen molar-refractivity contribution in [2.24, 2.45) is 0 Å². The molecule has 0 aromatic rings. The second kappa shape index (κ2) is 5.02. The molecule has 1 fully saturated rings. The Morgan fingerprint density at radius 2 is 1.86 bits per heavy atom. The highest BCUT2D eigenvalue weighted by atomic mass is 16.6. The number of hydrogen-bond acceptors (Lipinski definition) is 7. The SMILES string of the molecule is O=C(O)CN1CC2([N+](=O)[O-])C=C(C(=O)O)CC([N+](=O)[O-])(C1)C2. The predicted octanol–water partition coefficient (Wildman–Crippen LogP) is -0.778. The van der Waals surface area contributed by atoms with E-state index in [9.17, 15) is 29.8 Å². The molecule has 0 radical (unpaired) electrons. The molecule has 0 saturated carbocycles. The van der Waals surface area contributed by atoms with E-state index in [1.54, 1.807) is 0 Å². The molecular weight excluding hydrogens is 302 g/mol. The maximum Gasteiger partial charge on any atom is 0.331 e. The maximum absolute atomic E-state index is 11.4. The Balaban J connectivity index is 2.54. The van der Waals surface area contributed by atoms with Crippen molar-refractivity contribution >= 4 is 11.9 Å². The first-order valence-electron chi connectivity index (χ1n) is 6.28. The topological polar surface area (TPSA) is 164 Å². The zero-order valence-electron chi connectivity index (χ0n) is 11.3. The van der Waals surface area contributed by atoms with E-state index in [1.165, 1.54) is 0 Å². The van der Waals surface area contributed by atoms with Crippen molar-refractivity contribution in [3.63, 3.8) is 0 Å². The van der Waals surface area contributed by atoms with Crippen LogP contribution in [0.3, 0.4) is 0 Å². The third-order valence-electron chi connectivity index (χ3n) is 4.00. The van der Waals surface area contributed by atoms with Gasteiger partial charge in [0.15, 0.2) is 0 Å². The Labute approximate surface area is 123 Å². The monoisotopic (exact) mass is 315 g/mol. The van der Waals surface area contributed by atoms with Crippen molar-refractivity contribution < 1.29 is 29.6 Å². The number of hydrogen-bond donors (Lipinski definition) is 2. The minimum Gasteiger partial charge on any atom is -0.480 e. The van der Waals surface area contributed by atoms with Crippen molar-refractivity contribution in [2.75, 3.05) is 19.6 Å². The van der Waals surface area contributed by atoms with E-state index in [0.29, 0.717) is 0 Å². The second-order valence-corrected chi connectivity index (χ2v) is 5.71. The van der Waals surface area contributed by atoms with Gasteiger partial charge in [0.2, 0.25) is 5.54 Å². The molecule has 0 spiro atoms. The molecule has 2 N–H and O–H groups in total. The van der Waals surface area contributed by atoms with Gasteiger partial charge < -0.3 is 10.2 Å². The molecule has 1 aliphatic carbocycles. The van der Waals surface area contributed by atoms with Gasteiger partial charge in [0, 0.05) is 21.5 Å². The van der Waals surface area contributed by atoms with Crippen LogP contribution in [0.1, 0.15) is 12.8 Å². The van der Waals surface area contributed by atoms with Crippen LogP contribution >= 0.6 is 0 Å². The minimum atomic E-state index is -1.97. The zero-order chi connectivity index (χ0) is 16.7. The number of piperidine rings is 1. The molecule has 2 rings (SSSR count). The highest BCUT2D eigenvalue weighted by molar-refractivity contribution is 5.87. The van der Waals surface area contributed by atoms with Gasteiger partial charge in [-0.2, -0.15) is 0 Å². The summed E-state index contributed by atoms with van der Waals surface area (Å²) in [6.45, 7) is -1.30. The van der Waals surface area contributed by atoms with Gasteiger partial charge in [-0.05, 0) is 0 Å². The highest BCUT2D eigenvalue weighted by Gasteiger charge is 2.64. The van der Waals surface area contributed by atoms with E-state index in [1.807, 2.05) is 0 Å². The van der Waals surface area contributed by atoms with E-state index in [-0.39, 0.29) is 18.7 Å². The van der Waals surface area contributed by atoms with Crippen molar-refractivity contribution in [1.82, 2.24) is 4.90 Å². The van der Waals surface area contributed by atoms with Crippen LogP contribution in [-0.2, 0) is 9.59 Å². The van der Waals surface area contributed by atoms with E-state index in [0.717, 1.165) is 11.0 Å². The second-order valence-electron chi connectivity index (χ2n) is 5.71. The molecule has 1 heterocycles. The van der Waals surface area contributed by atoms with Crippen molar-refractivity contribution in [3.8, 4) is 0 Å². The first-order chi connectivity index (χ1) is 10.1. The first-order valence-corrected chi connectivity index (χ1v) is 6.28. The third-order valence-corrected chi connectivity index (χ3v) is 4.00. The van der Waals surface area contributed by atoms with Crippen molar-refractivity contribution in [3.05, 3.63) is 31.9 Å². The average Bonchev–Trinajstić information content (AvgIpc) is 2.36. The lowest BCUT2D eigenvalue weighted by atomic mass is 9.69. The maximum atomic E-state index is 11.4. The molecule has 2 bridgehead atoms. The largest absolute Gasteiger partial charge is 0.480 e. The third kappa shape index (κ3) is 2.50. The summed E-state index contributed by atoms with van der Waals surface area (Å²) >= 11 is 0. The first kappa shape index (κ1) is 15.8. The van der Waals surface area contributed by atoms with Gasteiger partial charge in [-0.3, -0.25) is 29.9 Å². The average molecular weight is 315 g/mol. The van der Waals surface area contributed by atoms with Crippen LogP contribution in [0.5, 0.6) is 0 Å². The Morgan fingerprint density at radius 1 is 1.23 bits per heavy atom. The number of carboxylic acids is 2. The summed E-state index contributed by atoms with van der Waals surface area (Å²) in [5.41, 5.74) is -4.22. The summed E-state index contributed by atoms with van der Waals surface area (Å²) in [6.07, 6.45) is -0.000957. The molecule has 11 heteroatoms. The summed E-state index contributed by atoms with van der Waals surface area (Å²) in [6, 6.07) is 0. The molecule has 1 aliphatic heterocycles. The Hall–Kier alpha value is -2.56. The molecule has 11 nitrogen and oxygen atoms in total. The zero-order valence-corrected chi connectivity index (χ0v) is 11.3. The number of aliphatic carboxylic acids is 2. The number of likely N-dealkylation sites (tertiary alicyclic amines) is 1. The molecule has 0 aromatic heterocycles. The number of nitrogens with zero attached hydrogens (tertiary/aromatic N) is 3. The van der Waals surface area contributed by atoms with E-state index >= 15 is 0 Å². The number of rotatable bonds is 5. The predicted molar refractivity (Wildman–Crippen MR) is 68.5 cm³/mol. The molecule has 1 saturated heterocycles. The van der Waals surface area contributed by atoms with Crippen LogP contribution < -0.4 is 0 Å². The smallest absolute Gasteiger partial charge is 0.331 e. The van der Waals surface area contributed by atoms with Gasteiger partial charge in [-0.15, -0.1) is 0 Å². The fourth-order valence-electron chi connectivity index (χ4n) is 3.29. The van der Waals surface area contributed by atoms with Crippen LogP contribution in [0.2, 0.25) is 0 Å². The van der Waals surface area contributed by atoms with Gasteiger partial charge in [-0.1, -0.05) is 0 Å². The molecule has 22 heavy (non-hydrogen) atoms. The van der Waals surface area contributed by atoms with Crippen LogP contribution in [0, 0.1) is 20.2 Å². The quantitative estimate of drug-likeness (QED) is 0.489. The van der Waals surface area contributed by atoms with E-state index in [2.05, 4.69) is 0 Å². The number of carbonyl (C=O) groups is 2. The summed E-state index contributed by atoms with van der Waals surface area (Å²) in [4.78, 5) is 44.5. The fraction of sp³-hybridized carbons (Fsp3) is 0.636. The van der Waals surface area contributed by atoms with Gasteiger partial charge in [0.25, 0.3) is 5.54 Å². The molecule has 2 aliphatic rings. The summed E-state index contributed by atoms with van der Waals surface area (Å²) in [7, 11) is 0. The van der Waals surface area contributed by atoms with Crippen LogP contribution in [-0.4, -0.2) is 67.6 Å². The summed E-state index contributed by atoms with van der Waals surface area (Å²) in [5.74, 6) is -2.71. The minimum absolute atomic E-state index is 0.341. The lowest BCUT2D eigenvalue weighted by Crippen LogP contribution is -2.67. The molecular formula is C11H13N3O8. The van der Waals surface area contributed by atoms with Crippen LogP contribution in [0.25, 0.3) is 0 Å². The Bertz CT molecular complexity index is 602. The molecule has 2 atom stereocenters.